The van der Waals surface area contributed by atoms with Gasteiger partial charge in [-0.15, -0.1) is 11.3 Å². The van der Waals surface area contributed by atoms with Crippen LogP contribution in [0.15, 0.2) is 12.1 Å². The molecule has 0 spiro atoms. The summed E-state index contributed by atoms with van der Waals surface area (Å²) in [5.41, 5.74) is 2.06. The number of fused-ring (bicyclic) bond motifs is 1. The van der Waals surface area contributed by atoms with Crippen LogP contribution in [0.3, 0.4) is 0 Å². The minimum atomic E-state index is 0.622. The van der Waals surface area contributed by atoms with Crippen molar-refractivity contribution in [1.82, 2.24) is 19.7 Å². The molecule has 3 aromatic rings. The zero-order valence-corrected chi connectivity index (χ0v) is 12.2. The summed E-state index contributed by atoms with van der Waals surface area (Å²) in [6, 6.07) is 4.16. The largest absolute Gasteiger partial charge is 0.357 e. The molecule has 0 saturated heterocycles. The second-order valence-corrected chi connectivity index (χ2v) is 5.77. The van der Waals surface area contributed by atoms with E-state index in [4.69, 9.17) is 0 Å². The van der Waals surface area contributed by atoms with Crippen molar-refractivity contribution in [3.05, 3.63) is 28.4 Å². The quantitative estimate of drug-likeness (QED) is 0.780. The molecule has 0 aliphatic rings. The van der Waals surface area contributed by atoms with E-state index >= 15 is 0 Å². The molecule has 3 heterocycles. The maximum absolute atomic E-state index is 4.56. The maximum Gasteiger partial charge on any atom is 0.225 e. The maximum atomic E-state index is 4.56. The summed E-state index contributed by atoms with van der Waals surface area (Å²) in [6.07, 6.45) is 0. The van der Waals surface area contributed by atoms with Crippen molar-refractivity contribution >= 4 is 27.5 Å². The third kappa shape index (κ3) is 1.98. The van der Waals surface area contributed by atoms with Crippen LogP contribution < -0.4 is 5.32 Å². The molecule has 0 fully saturated rings. The molecule has 3 rings (SSSR count). The molecule has 0 amide bonds. The van der Waals surface area contributed by atoms with E-state index in [-0.39, 0.29) is 0 Å². The Hall–Kier alpha value is -1.95. The minimum absolute atomic E-state index is 0.622. The van der Waals surface area contributed by atoms with Gasteiger partial charge in [-0.1, -0.05) is 0 Å². The molecule has 0 bridgehead atoms. The first kappa shape index (κ1) is 12.1. The lowest BCUT2D eigenvalue weighted by Gasteiger charge is -2.07. The van der Waals surface area contributed by atoms with E-state index in [9.17, 15) is 0 Å². The fraction of sp³-hybridized carbons (Fsp3) is 0.308. The summed E-state index contributed by atoms with van der Waals surface area (Å²) in [5.74, 6) is 1.46. The summed E-state index contributed by atoms with van der Waals surface area (Å²) >= 11 is 1.67. The highest BCUT2D eigenvalue weighted by Gasteiger charge is 2.14. The molecular weight excluding hydrogens is 258 g/mol. The molecular formula is C13H15N5S. The first-order chi connectivity index (χ1) is 9.08. The fourth-order valence-corrected chi connectivity index (χ4v) is 3.02. The van der Waals surface area contributed by atoms with Crippen molar-refractivity contribution in [2.24, 2.45) is 0 Å². The van der Waals surface area contributed by atoms with E-state index in [0.717, 1.165) is 27.4 Å². The summed E-state index contributed by atoms with van der Waals surface area (Å²) in [6.45, 7) is 6.10. The fourth-order valence-electron chi connectivity index (χ4n) is 2.14. The van der Waals surface area contributed by atoms with Gasteiger partial charge in [0.05, 0.1) is 11.1 Å². The first-order valence-corrected chi connectivity index (χ1v) is 6.89. The van der Waals surface area contributed by atoms with Crippen LogP contribution in [-0.4, -0.2) is 26.8 Å². The molecule has 3 aromatic heterocycles. The van der Waals surface area contributed by atoms with Gasteiger partial charge in [0.1, 0.15) is 4.83 Å². The van der Waals surface area contributed by atoms with E-state index in [1.807, 2.05) is 31.6 Å². The zero-order valence-electron chi connectivity index (χ0n) is 11.4. The van der Waals surface area contributed by atoms with E-state index in [0.29, 0.717) is 5.95 Å². The number of anilines is 1. The van der Waals surface area contributed by atoms with E-state index in [2.05, 4.69) is 33.4 Å². The molecule has 0 aliphatic carbocycles. The van der Waals surface area contributed by atoms with Crippen molar-refractivity contribution in [3.8, 4) is 5.82 Å². The number of nitrogens with one attached hydrogen (secondary N) is 1. The molecule has 0 saturated carbocycles. The lowest BCUT2D eigenvalue weighted by Crippen LogP contribution is -2.06. The predicted octanol–water partition coefficient (Wildman–Crippen LogP) is 2.84. The SMILES string of the molecule is CNc1nc(-n2nc(C)cc2C)c2cc(C)sc2n1. The molecule has 0 aromatic carbocycles. The average Bonchev–Trinajstić information content (AvgIpc) is 2.89. The van der Waals surface area contributed by atoms with Gasteiger partial charge < -0.3 is 5.32 Å². The van der Waals surface area contributed by atoms with E-state index < -0.39 is 0 Å². The van der Waals surface area contributed by atoms with Crippen molar-refractivity contribution in [2.45, 2.75) is 20.8 Å². The van der Waals surface area contributed by atoms with Crippen LogP contribution in [0.1, 0.15) is 16.3 Å². The summed E-state index contributed by atoms with van der Waals surface area (Å²) in [7, 11) is 1.83. The molecule has 0 radical (unpaired) electrons. The third-order valence-corrected chi connectivity index (χ3v) is 3.87. The van der Waals surface area contributed by atoms with E-state index in [1.54, 1.807) is 11.3 Å². The number of hydrogen-bond donors (Lipinski definition) is 1. The molecule has 5 nitrogen and oxygen atoms in total. The van der Waals surface area contributed by atoms with Gasteiger partial charge >= 0.3 is 0 Å². The van der Waals surface area contributed by atoms with Gasteiger partial charge in [0.15, 0.2) is 5.82 Å². The smallest absolute Gasteiger partial charge is 0.225 e. The Morgan fingerprint density at radius 2 is 1.95 bits per heavy atom. The molecule has 6 heteroatoms. The van der Waals surface area contributed by atoms with Gasteiger partial charge in [-0.3, -0.25) is 0 Å². The lowest BCUT2D eigenvalue weighted by atomic mass is 10.3. The summed E-state index contributed by atoms with van der Waals surface area (Å²) in [5, 5.41) is 8.58. The molecule has 1 N–H and O–H groups in total. The van der Waals surface area contributed by atoms with Gasteiger partial charge in [0.2, 0.25) is 5.95 Å². The standard InChI is InChI=1S/C13H15N5S/c1-7-5-8(2)18(17-7)11-10-6-9(3)19-12(10)16-13(14-4)15-11/h5-6H,1-4H3,(H,14,15,16). The minimum Gasteiger partial charge on any atom is -0.357 e. The summed E-state index contributed by atoms with van der Waals surface area (Å²) in [4.78, 5) is 11.3. The van der Waals surface area contributed by atoms with Crippen LogP contribution in [0.25, 0.3) is 16.0 Å². The second-order valence-electron chi connectivity index (χ2n) is 4.54. The second kappa shape index (κ2) is 4.31. The molecule has 19 heavy (non-hydrogen) atoms. The Bertz CT molecular complexity index is 756. The van der Waals surface area contributed by atoms with Crippen molar-refractivity contribution in [2.75, 3.05) is 12.4 Å². The van der Waals surface area contributed by atoms with Gasteiger partial charge in [-0.05, 0) is 32.9 Å². The number of hydrogen-bond acceptors (Lipinski definition) is 5. The average molecular weight is 273 g/mol. The Kier molecular flexibility index (Phi) is 2.74. The van der Waals surface area contributed by atoms with Gasteiger partial charge in [-0.25, -0.2) is 9.67 Å². The van der Waals surface area contributed by atoms with Crippen LogP contribution in [0, 0.1) is 20.8 Å². The van der Waals surface area contributed by atoms with Crippen LogP contribution in [0.4, 0.5) is 5.95 Å². The van der Waals surface area contributed by atoms with Crippen LogP contribution >= 0.6 is 11.3 Å². The Morgan fingerprint density at radius 3 is 2.58 bits per heavy atom. The van der Waals surface area contributed by atoms with Gasteiger partial charge in [0, 0.05) is 17.6 Å². The zero-order chi connectivity index (χ0) is 13.6. The number of thiophene rings is 1. The van der Waals surface area contributed by atoms with Crippen molar-refractivity contribution in [1.29, 1.82) is 0 Å². The highest BCUT2D eigenvalue weighted by molar-refractivity contribution is 7.18. The third-order valence-electron chi connectivity index (χ3n) is 2.93. The first-order valence-electron chi connectivity index (χ1n) is 6.08. The van der Waals surface area contributed by atoms with Crippen LogP contribution in [0.2, 0.25) is 0 Å². The number of rotatable bonds is 2. The highest BCUT2D eigenvalue weighted by Crippen LogP contribution is 2.29. The van der Waals surface area contributed by atoms with Crippen molar-refractivity contribution in [3.63, 3.8) is 0 Å². The topological polar surface area (TPSA) is 55.6 Å². The van der Waals surface area contributed by atoms with Gasteiger partial charge in [0.25, 0.3) is 0 Å². The van der Waals surface area contributed by atoms with Crippen LogP contribution in [0.5, 0.6) is 0 Å². The number of aromatic nitrogens is 4. The molecule has 0 atom stereocenters. The Morgan fingerprint density at radius 1 is 1.16 bits per heavy atom. The predicted molar refractivity (Wildman–Crippen MR) is 78.3 cm³/mol. The molecule has 0 aliphatic heterocycles. The normalized spacial score (nSPS) is 11.2. The molecule has 98 valence electrons. The highest BCUT2D eigenvalue weighted by atomic mass is 32.1. The number of nitrogens with zero attached hydrogens (tertiary/aromatic N) is 4. The molecule has 0 unspecified atom stereocenters. The van der Waals surface area contributed by atoms with E-state index in [1.165, 1.54) is 4.88 Å². The summed E-state index contributed by atoms with van der Waals surface area (Å²) < 4.78 is 1.88. The Balaban J connectivity index is 2.35. The lowest BCUT2D eigenvalue weighted by molar-refractivity contribution is 0.812. The van der Waals surface area contributed by atoms with Crippen molar-refractivity contribution < 1.29 is 0 Å². The van der Waals surface area contributed by atoms with Crippen LogP contribution in [-0.2, 0) is 0 Å². The monoisotopic (exact) mass is 273 g/mol. The number of aryl methyl sites for hydroxylation is 3. The van der Waals surface area contributed by atoms with Gasteiger partial charge in [-0.2, -0.15) is 10.1 Å². The Labute approximate surface area is 115 Å².